The monoisotopic (exact) mass is 195 g/mol. The van der Waals surface area contributed by atoms with Crippen LogP contribution in [0.25, 0.3) is 5.78 Å². The lowest BCUT2D eigenvalue weighted by Gasteiger charge is -1.94. The number of ketones is 1. The number of Topliss-reactive ketones (excluding diaryl/α,β-unsaturated/α-hetero) is 1. The van der Waals surface area contributed by atoms with Crippen LogP contribution in [0.2, 0.25) is 5.15 Å². The van der Waals surface area contributed by atoms with Crippen molar-refractivity contribution in [3.63, 3.8) is 0 Å². The summed E-state index contributed by atoms with van der Waals surface area (Å²) in [4.78, 5) is 19.1. The molecule has 0 saturated carbocycles. The molecule has 0 aliphatic carbocycles. The van der Waals surface area contributed by atoms with Gasteiger partial charge in [-0.1, -0.05) is 11.6 Å². The molecule has 0 radical (unpaired) electrons. The van der Waals surface area contributed by atoms with E-state index in [2.05, 4.69) is 9.97 Å². The van der Waals surface area contributed by atoms with Crippen LogP contribution >= 0.6 is 11.6 Å². The molecule has 4 nitrogen and oxygen atoms in total. The van der Waals surface area contributed by atoms with Gasteiger partial charge in [-0.05, 0) is 6.07 Å². The molecular weight excluding hydrogens is 190 g/mol. The van der Waals surface area contributed by atoms with Gasteiger partial charge in [0.2, 0.25) is 5.78 Å². The van der Waals surface area contributed by atoms with Crippen molar-refractivity contribution in [1.29, 1.82) is 0 Å². The van der Waals surface area contributed by atoms with E-state index < -0.39 is 0 Å². The molecule has 2 aromatic heterocycles. The van der Waals surface area contributed by atoms with Crippen LogP contribution in [0.5, 0.6) is 0 Å². The molecule has 0 atom stereocenters. The molecule has 0 unspecified atom stereocenters. The van der Waals surface area contributed by atoms with Gasteiger partial charge in [-0.2, -0.15) is 4.98 Å². The molecule has 2 aromatic rings. The molecule has 0 N–H and O–H groups in total. The summed E-state index contributed by atoms with van der Waals surface area (Å²) >= 11 is 5.77. The van der Waals surface area contributed by atoms with E-state index in [0.29, 0.717) is 11.5 Å². The maximum absolute atomic E-state index is 11.2. The lowest BCUT2D eigenvalue weighted by molar-refractivity contribution is 0.101. The normalized spacial score (nSPS) is 10.6. The zero-order valence-electron chi connectivity index (χ0n) is 6.86. The maximum atomic E-state index is 11.2. The maximum Gasteiger partial charge on any atom is 0.235 e. The van der Waals surface area contributed by atoms with Gasteiger partial charge in [0.1, 0.15) is 5.69 Å². The molecule has 0 aromatic carbocycles. The topological polar surface area (TPSA) is 47.3 Å². The first-order valence-electron chi connectivity index (χ1n) is 3.69. The molecule has 2 rings (SSSR count). The first-order chi connectivity index (χ1) is 6.20. The standard InChI is InChI=1S/C8H6ClN3O/c1-5(13)6-7(9)11-8-10-3-2-4-12(6)8/h2-4H,1H3. The summed E-state index contributed by atoms with van der Waals surface area (Å²) in [6.45, 7) is 1.45. The summed E-state index contributed by atoms with van der Waals surface area (Å²) in [7, 11) is 0. The van der Waals surface area contributed by atoms with Crippen molar-refractivity contribution in [2.75, 3.05) is 0 Å². The Bertz CT molecular complexity index is 477. The van der Waals surface area contributed by atoms with E-state index >= 15 is 0 Å². The number of hydrogen-bond donors (Lipinski definition) is 0. The third-order valence-electron chi connectivity index (χ3n) is 1.69. The van der Waals surface area contributed by atoms with E-state index in [0.717, 1.165) is 0 Å². The quantitative estimate of drug-likeness (QED) is 0.650. The minimum Gasteiger partial charge on any atom is -0.293 e. The molecule has 0 fully saturated rings. The Morgan fingerprint density at radius 3 is 3.08 bits per heavy atom. The second-order valence-corrected chi connectivity index (χ2v) is 2.96. The lowest BCUT2D eigenvalue weighted by atomic mass is 10.3. The van der Waals surface area contributed by atoms with Crippen LogP contribution < -0.4 is 0 Å². The number of hydrogen-bond acceptors (Lipinski definition) is 3. The number of fused-ring (bicyclic) bond motifs is 1. The highest BCUT2D eigenvalue weighted by Crippen LogP contribution is 2.16. The number of aromatic nitrogens is 3. The van der Waals surface area contributed by atoms with Crippen LogP contribution in [0, 0.1) is 0 Å². The molecule has 0 bridgehead atoms. The number of rotatable bonds is 1. The third-order valence-corrected chi connectivity index (χ3v) is 1.96. The van der Waals surface area contributed by atoms with Crippen LogP contribution in [0.4, 0.5) is 0 Å². The minimum atomic E-state index is -0.120. The van der Waals surface area contributed by atoms with Gasteiger partial charge in [0.15, 0.2) is 10.9 Å². The number of carbonyl (C=O) groups excluding carboxylic acids is 1. The van der Waals surface area contributed by atoms with Gasteiger partial charge in [0.05, 0.1) is 0 Å². The molecule has 0 saturated heterocycles. The number of carbonyl (C=O) groups is 1. The zero-order chi connectivity index (χ0) is 9.42. The van der Waals surface area contributed by atoms with Crippen LogP contribution in [0.3, 0.4) is 0 Å². The van der Waals surface area contributed by atoms with Crippen LogP contribution in [-0.4, -0.2) is 20.2 Å². The van der Waals surface area contributed by atoms with E-state index in [-0.39, 0.29) is 10.9 Å². The molecule has 0 aliphatic heterocycles. The summed E-state index contributed by atoms with van der Waals surface area (Å²) in [6, 6.07) is 1.72. The molecule has 0 spiro atoms. The van der Waals surface area contributed by atoms with E-state index in [4.69, 9.17) is 11.6 Å². The molecule has 5 heteroatoms. The van der Waals surface area contributed by atoms with Gasteiger partial charge < -0.3 is 0 Å². The van der Waals surface area contributed by atoms with Crippen molar-refractivity contribution in [2.45, 2.75) is 6.92 Å². The predicted octanol–water partition coefficient (Wildman–Crippen LogP) is 1.59. The Morgan fingerprint density at radius 1 is 1.62 bits per heavy atom. The Balaban J connectivity index is 2.86. The Kier molecular flexibility index (Phi) is 1.77. The average molecular weight is 196 g/mol. The third kappa shape index (κ3) is 1.19. The second kappa shape index (κ2) is 2.81. The van der Waals surface area contributed by atoms with E-state index in [9.17, 15) is 4.79 Å². The predicted molar refractivity (Wildman–Crippen MR) is 48.0 cm³/mol. The largest absolute Gasteiger partial charge is 0.293 e. The summed E-state index contributed by atoms with van der Waals surface area (Å²) in [5.74, 6) is 0.322. The van der Waals surface area contributed by atoms with Gasteiger partial charge in [0.25, 0.3) is 0 Å². The van der Waals surface area contributed by atoms with E-state index in [1.807, 2.05) is 0 Å². The number of nitrogens with zero attached hydrogens (tertiary/aromatic N) is 3. The minimum absolute atomic E-state index is 0.120. The van der Waals surface area contributed by atoms with E-state index in [1.165, 1.54) is 6.92 Å². The molecule has 0 amide bonds. The fourth-order valence-corrected chi connectivity index (χ4v) is 1.48. The molecule has 0 aliphatic rings. The van der Waals surface area contributed by atoms with Crippen molar-refractivity contribution in [1.82, 2.24) is 14.4 Å². The van der Waals surface area contributed by atoms with Gasteiger partial charge in [-0.25, -0.2) is 4.98 Å². The first-order valence-corrected chi connectivity index (χ1v) is 4.07. The highest BCUT2D eigenvalue weighted by atomic mass is 35.5. The average Bonchev–Trinajstić information content (AvgIpc) is 2.39. The molecule has 2 heterocycles. The molecule has 66 valence electrons. The van der Waals surface area contributed by atoms with Gasteiger partial charge in [0, 0.05) is 19.3 Å². The van der Waals surface area contributed by atoms with Crippen molar-refractivity contribution in [3.05, 3.63) is 29.3 Å². The van der Waals surface area contributed by atoms with Gasteiger partial charge in [-0.15, -0.1) is 0 Å². The zero-order valence-corrected chi connectivity index (χ0v) is 7.62. The lowest BCUT2D eigenvalue weighted by Crippen LogP contribution is -1.99. The summed E-state index contributed by atoms with van der Waals surface area (Å²) in [5, 5.41) is 0.200. The SMILES string of the molecule is CC(=O)c1c(Cl)nc2ncccn12. The number of halogens is 1. The van der Waals surface area contributed by atoms with Gasteiger partial charge in [-0.3, -0.25) is 9.20 Å². The van der Waals surface area contributed by atoms with Crippen molar-refractivity contribution >= 4 is 23.2 Å². The summed E-state index contributed by atoms with van der Waals surface area (Å²) < 4.78 is 1.57. The fraction of sp³-hybridized carbons (Fsp3) is 0.125. The smallest absolute Gasteiger partial charge is 0.235 e. The molecular formula is C8H6ClN3O. The fourth-order valence-electron chi connectivity index (χ4n) is 1.18. The summed E-state index contributed by atoms with van der Waals surface area (Å²) in [5.41, 5.74) is 0.379. The van der Waals surface area contributed by atoms with Crippen LogP contribution in [0.15, 0.2) is 18.5 Å². The Hall–Kier alpha value is -1.42. The highest BCUT2D eigenvalue weighted by molar-refractivity contribution is 6.32. The second-order valence-electron chi connectivity index (χ2n) is 2.60. The first kappa shape index (κ1) is 8.19. The van der Waals surface area contributed by atoms with E-state index in [1.54, 1.807) is 22.9 Å². The van der Waals surface area contributed by atoms with Crippen LogP contribution in [0.1, 0.15) is 17.4 Å². The van der Waals surface area contributed by atoms with Crippen molar-refractivity contribution in [2.24, 2.45) is 0 Å². The number of imidazole rings is 1. The van der Waals surface area contributed by atoms with Crippen molar-refractivity contribution in [3.8, 4) is 0 Å². The van der Waals surface area contributed by atoms with Gasteiger partial charge >= 0.3 is 0 Å². The van der Waals surface area contributed by atoms with Crippen molar-refractivity contribution < 1.29 is 4.79 Å². The van der Waals surface area contributed by atoms with Crippen LogP contribution in [-0.2, 0) is 0 Å². The Labute approximate surface area is 79.2 Å². The molecule has 13 heavy (non-hydrogen) atoms. The Morgan fingerprint density at radius 2 is 2.38 bits per heavy atom. The highest BCUT2D eigenvalue weighted by Gasteiger charge is 2.13. The summed E-state index contributed by atoms with van der Waals surface area (Å²) in [6.07, 6.45) is 3.31.